The fraction of sp³-hybridized carbons (Fsp3) is 0.333. The van der Waals surface area contributed by atoms with Gasteiger partial charge in [-0.3, -0.25) is 0 Å². The molecular weight excluding hydrogens is 380 g/mol. The third-order valence-electron chi connectivity index (χ3n) is 5.12. The van der Waals surface area contributed by atoms with Crippen molar-refractivity contribution in [1.29, 1.82) is 0 Å². The average molecular weight is 408 g/mol. The van der Waals surface area contributed by atoms with Gasteiger partial charge < -0.3 is 19.1 Å². The summed E-state index contributed by atoms with van der Waals surface area (Å²) in [5.74, 6) is 0.649. The zero-order valence-corrected chi connectivity index (χ0v) is 17.5. The summed E-state index contributed by atoms with van der Waals surface area (Å²) in [5.41, 5.74) is 2.37. The number of carboxylic acid groups (broad SMARTS) is 1. The Morgan fingerprint density at radius 2 is 1.93 bits per heavy atom. The van der Waals surface area contributed by atoms with Gasteiger partial charge in [-0.25, -0.2) is 9.78 Å². The minimum Gasteiger partial charge on any atom is -0.497 e. The lowest BCUT2D eigenvalue weighted by Crippen LogP contribution is -2.23. The number of carbonyl (C=O) groups is 1. The Morgan fingerprint density at radius 1 is 1.17 bits per heavy atom. The molecular formula is C24H28N2O4. The minimum absolute atomic E-state index is 0.0437. The molecule has 0 amide bonds. The van der Waals surface area contributed by atoms with Crippen molar-refractivity contribution in [3.63, 3.8) is 0 Å². The number of methoxy groups -OCH3 is 1. The van der Waals surface area contributed by atoms with Crippen LogP contribution in [0.2, 0.25) is 0 Å². The van der Waals surface area contributed by atoms with E-state index in [1.54, 1.807) is 31.8 Å². The predicted octanol–water partition coefficient (Wildman–Crippen LogP) is 4.62. The van der Waals surface area contributed by atoms with Gasteiger partial charge in [-0.05, 0) is 67.1 Å². The maximum atomic E-state index is 11.4. The van der Waals surface area contributed by atoms with Crippen LogP contribution in [0.15, 0.2) is 61.2 Å². The van der Waals surface area contributed by atoms with Crippen molar-refractivity contribution in [2.24, 2.45) is 0 Å². The zero-order valence-electron chi connectivity index (χ0n) is 17.5. The van der Waals surface area contributed by atoms with Crippen LogP contribution in [0.4, 0.5) is 0 Å². The van der Waals surface area contributed by atoms with Gasteiger partial charge in [0.15, 0.2) is 0 Å². The third kappa shape index (κ3) is 5.86. The van der Waals surface area contributed by atoms with Gasteiger partial charge in [0.05, 0.1) is 25.5 Å². The molecule has 1 aromatic heterocycles. The van der Waals surface area contributed by atoms with E-state index in [0.717, 1.165) is 30.6 Å². The van der Waals surface area contributed by atoms with E-state index in [-0.39, 0.29) is 6.10 Å². The number of aryl methyl sites for hydroxylation is 2. The lowest BCUT2D eigenvalue weighted by Gasteiger charge is -2.20. The van der Waals surface area contributed by atoms with Crippen molar-refractivity contribution in [2.75, 3.05) is 7.11 Å². The van der Waals surface area contributed by atoms with Crippen molar-refractivity contribution in [2.45, 2.75) is 45.3 Å². The second-order valence-electron chi connectivity index (χ2n) is 7.22. The van der Waals surface area contributed by atoms with Crippen molar-refractivity contribution < 1.29 is 19.4 Å². The molecule has 0 aliphatic heterocycles. The standard InChI is InChI=1S/C24H28N2O4/c1-3-19-15-21(11-12-23(19)24(27)28)30-22(16-26-14-13-25-17-26)6-4-5-18-7-9-20(29-2)10-8-18/h7-15,17,22H,3-6,16H2,1-2H3,(H,27,28). The van der Waals surface area contributed by atoms with Crippen molar-refractivity contribution >= 4 is 5.97 Å². The highest BCUT2D eigenvalue weighted by Gasteiger charge is 2.15. The van der Waals surface area contributed by atoms with Crippen LogP contribution < -0.4 is 9.47 Å². The first-order valence-corrected chi connectivity index (χ1v) is 10.2. The van der Waals surface area contributed by atoms with Crippen LogP contribution >= 0.6 is 0 Å². The van der Waals surface area contributed by atoms with E-state index in [9.17, 15) is 9.90 Å². The highest BCUT2D eigenvalue weighted by Crippen LogP contribution is 2.22. The van der Waals surface area contributed by atoms with Crippen molar-refractivity contribution in [1.82, 2.24) is 9.55 Å². The first-order chi connectivity index (χ1) is 14.6. The van der Waals surface area contributed by atoms with E-state index in [1.165, 1.54) is 5.56 Å². The number of imidazole rings is 1. The fourth-order valence-corrected chi connectivity index (χ4v) is 3.48. The van der Waals surface area contributed by atoms with Gasteiger partial charge in [0.1, 0.15) is 17.6 Å². The van der Waals surface area contributed by atoms with E-state index in [2.05, 4.69) is 17.1 Å². The molecule has 1 N–H and O–H groups in total. The number of rotatable bonds is 11. The second kappa shape index (κ2) is 10.5. The molecule has 0 saturated heterocycles. The molecule has 0 radical (unpaired) electrons. The van der Waals surface area contributed by atoms with E-state index in [1.807, 2.05) is 35.9 Å². The third-order valence-corrected chi connectivity index (χ3v) is 5.12. The Bertz CT molecular complexity index is 936. The number of hydrogen-bond donors (Lipinski definition) is 1. The average Bonchev–Trinajstić information content (AvgIpc) is 3.27. The van der Waals surface area contributed by atoms with Gasteiger partial charge in [-0.1, -0.05) is 19.1 Å². The molecule has 0 saturated carbocycles. The monoisotopic (exact) mass is 408 g/mol. The van der Waals surface area contributed by atoms with E-state index in [4.69, 9.17) is 9.47 Å². The minimum atomic E-state index is -0.909. The fourth-order valence-electron chi connectivity index (χ4n) is 3.48. The number of benzene rings is 2. The molecule has 30 heavy (non-hydrogen) atoms. The number of hydrogen-bond acceptors (Lipinski definition) is 4. The predicted molar refractivity (Wildman–Crippen MR) is 115 cm³/mol. The highest BCUT2D eigenvalue weighted by molar-refractivity contribution is 5.89. The normalized spacial score (nSPS) is 11.8. The summed E-state index contributed by atoms with van der Waals surface area (Å²) >= 11 is 0. The maximum Gasteiger partial charge on any atom is 0.335 e. The molecule has 0 spiro atoms. The molecule has 0 aliphatic rings. The summed E-state index contributed by atoms with van der Waals surface area (Å²) < 4.78 is 13.5. The number of nitrogens with zero attached hydrogens (tertiary/aromatic N) is 2. The van der Waals surface area contributed by atoms with Gasteiger partial charge >= 0.3 is 5.97 Å². The Hall–Kier alpha value is -3.28. The molecule has 3 rings (SSSR count). The molecule has 1 unspecified atom stereocenters. The maximum absolute atomic E-state index is 11.4. The SMILES string of the molecule is CCc1cc(OC(CCCc2ccc(OC)cc2)Cn2ccnc2)ccc1C(=O)O. The second-order valence-corrected chi connectivity index (χ2v) is 7.22. The lowest BCUT2D eigenvalue weighted by molar-refractivity contribution is 0.0695. The smallest absolute Gasteiger partial charge is 0.335 e. The summed E-state index contributed by atoms with van der Waals surface area (Å²) in [6.45, 7) is 2.63. The van der Waals surface area contributed by atoms with Gasteiger partial charge in [0, 0.05) is 12.4 Å². The highest BCUT2D eigenvalue weighted by atomic mass is 16.5. The zero-order chi connectivity index (χ0) is 21.3. The van der Waals surface area contributed by atoms with Crippen LogP contribution in [0.25, 0.3) is 0 Å². The van der Waals surface area contributed by atoms with Crippen LogP contribution in [-0.4, -0.2) is 33.8 Å². The first kappa shape index (κ1) is 21.4. The van der Waals surface area contributed by atoms with Gasteiger partial charge in [0.2, 0.25) is 0 Å². The van der Waals surface area contributed by atoms with Gasteiger partial charge in [-0.15, -0.1) is 0 Å². The summed E-state index contributed by atoms with van der Waals surface area (Å²) in [7, 11) is 1.67. The van der Waals surface area contributed by atoms with Crippen LogP contribution in [0.1, 0.15) is 41.3 Å². The largest absolute Gasteiger partial charge is 0.497 e. The van der Waals surface area contributed by atoms with E-state index >= 15 is 0 Å². The topological polar surface area (TPSA) is 73.6 Å². The Labute approximate surface area is 177 Å². The van der Waals surface area contributed by atoms with E-state index < -0.39 is 5.97 Å². The number of ether oxygens (including phenoxy) is 2. The number of carboxylic acids is 1. The quantitative estimate of drug-likeness (QED) is 0.501. The van der Waals surface area contributed by atoms with Crippen LogP contribution in [0, 0.1) is 0 Å². The Morgan fingerprint density at radius 3 is 2.57 bits per heavy atom. The number of aromatic carboxylic acids is 1. The molecule has 0 bridgehead atoms. The van der Waals surface area contributed by atoms with Crippen molar-refractivity contribution in [3.8, 4) is 11.5 Å². The summed E-state index contributed by atoms with van der Waals surface area (Å²) in [6, 6.07) is 13.3. The molecule has 0 aliphatic carbocycles. The lowest BCUT2D eigenvalue weighted by atomic mass is 10.0. The number of aromatic nitrogens is 2. The molecule has 1 heterocycles. The Balaban J connectivity index is 1.66. The van der Waals surface area contributed by atoms with Crippen molar-refractivity contribution in [3.05, 3.63) is 77.9 Å². The van der Waals surface area contributed by atoms with Crippen LogP contribution in [0.3, 0.4) is 0 Å². The molecule has 158 valence electrons. The Kier molecular flexibility index (Phi) is 7.49. The molecule has 2 aromatic carbocycles. The summed E-state index contributed by atoms with van der Waals surface area (Å²) in [6.07, 6.45) is 8.85. The summed E-state index contributed by atoms with van der Waals surface area (Å²) in [5, 5.41) is 9.34. The van der Waals surface area contributed by atoms with Gasteiger partial charge in [0.25, 0.3) is 0 Å². The molecule has 6 nitrogen and oxygen atoms in total. The molecule has 6 heteroatoms. The molecule has 3 aromatic rings. The van der Waals surface area contributed by atoms with Crippen LogP contribution in [0.5, 0.6) is 11.5 Å². The molecule has 1 atom stereocenters. The van der Waals surface area contributed by atoms with Crippen LogP contribution in [-0.2, 0) is 19.4 Å². The van der Waals surface area contributed by atoms with E-state index in [0.29, 0.717) is 24.3 Å². The summed E-state index contributed by atoms with van der Waals surface area (Å²) in [4.78, 5) is 15.5. The molecule has 0 fully saturated rings. The van der Waals surface area contributed by atoms with Gasteiger partial charge in [-0.2, -0.15) is 0 Å². The first-order valence-electron chi connectivity index (χ1n) is 10.2.